The first-order valence-electron chi connectivity index (χ1n) is 6.29. The largest absolute Gasteiger partial charge is 0.471 e. The van der Waals surface area contributed by atoms with Crippen molar-refractivity contribution in [2.24, 2.45) is 0 Å². The molecule has 1 aromatic carbocycles. The first-order chi connectivity index (χ1) is 9.65. The normalized spacial score (nSPS) is 14.2. The Kier molecular flexibility index (Phi) is 3.02. The van der Waals surface area contributed by atoms with Gasteiger partial charge in [0.05, 0.1) is 16.7 Å². The highest BCUT2D eigenvalue weighted by atomic mass is 16.6. The van der Waals surface area contributed by atoms with Gasteiger partial charge in [0, 0.05) is 12.1 Å². The highest BCUT2D eigenvalue weighted by Gasteiger charge is 2.30. The third-order valence-corrected chi connectivity index (χ3v) is 3.32. The average Bonchev–Trinajstić information content (AvgIpc) is 3.19. The number of nitrogens with zero attached hydrogens (tertiary/aromatic N) is 3. The minimum absolute atomic E-state index is 0.0674. The van der Waals surface area contributed by atoms with Gasteiger partial charge in [0.2, 0.25) is 5.88 Å². The summed E-state index contributed by atoms with van der Waals surface area (Å²) in [6.07, 6.45) is 3.44. The van der Waals surface area contributed by atoms with E-state index in [2.05, 4.69) is 5.10 Å². The molecule has 3 rings (SSSR count). The Hall–Kier alpha value is -2.57. The smallest absolute Gasteiger partial charge is 0.276 e. The fraction of sp³-hybridized carbons (Fsp3) is 0.308. The van der Waals surface area contributed by atoms with Crippen molar-refractivity contribution in [1.82, 2.24) is 9.94 Å². The highest BCUT2D eigenvalue weighted by molar-refractivity contribution is 5.48. The van der Waals surface area contributed by atoms with Crippen LogP contribution in [0.5, 0.6) is 5.88 Å². The van der Waals surface area contributed by atoms with Crippen molar-refractivity contribution in [3.8, 4) is 5.88 Å². The summed E-state index contributed by atoms with van der Waals surface area (Å²) in [6, 6.07) is 6.59. The lowest BCUT2D eigenvalue weighted by Crippen LogP contribution is -2.05. The lowest BCUT2D eigenvalue weighted by molar-refractivity contribution is -0.385. The summed E-state index contributed by atoms with van der Waals surface area (Å²) in [6.45, 7) is 0.0694. The molecule has 0 saturated heterocycles. The standard InChI is InChI=1S/C13H13N3O4/c17-15-7-6-13(14-15)20-8-11-10(9-4-5-9)2-1-3-12(11)16(18)19/h1-3,6-7,9,17H,4-5,8H2. The summed E-state index contributed by atoms with van der Waals surface area (Å²) in [5, 5.41) is 23.9. The maximum Gasteiger partial charge on any atom is 0.276 e. The van der Waals surface area contributed by atoms with E-state index in [9.17, 15) is 10.1 Å². The predicted octanol–water partition coefficient (Wildman–Crippen LogP) is 2.49. The Morgan fingerprint density at radius 2 is 2.25 bits per heavy atom. The molecule has 0 atom stereocenters. The summed E-state index contributed by atoms with van der Waals surface area (Å²) in [5.74, 6) is 0.622. The summed E-state index contributed by atoms with van der Waals surface area (Å²) >= 11 is 0. The SMILES string of the molecule is O=[N+]([O-])c1cccc(C2CC2)c1COc1ccn(O)n1. The number of ether oxygens (including phenoxy) is 1. The number of nitro groups is 1. The molecule has 1 heterocycles. The molecule has 0 amide bonds. The number of benzene rings is 1. The van der Waals surface area contributed by atoms with Crippen LogP contribution in [0.1, 0.15) is 29.9 Å². The van der Waals surface area contributed by atoms with Gasteiger partial charge in [-0.1, -0.05) is 17.2 Å². The Labute approximate surface area is 114 Å². The van der Waals surface area contributed by atoms with Gasteiger partial charge in [0.1, 0.15) is 6.61 Å². The molecule has 0 bridgehead atoms. The van der Waals surface area contributed by atoms with E-state index >= 15 is 0 Å². The molecule has 20 heavy (non-hydrogen) atoms. The minimum Gasteiger partial charge on any atom is -0.471 e. The second kappa shape index (κ2) is 4.84. The summed E-state index contributed by atoms with van der Waals surface area (Å²) in [5.41, 5.74) is 1.63. The highest BCUT2D eigenvalue weighted by Crippen LogP contribution is 2.43. The van der Waals surface area contributed by atoms with Gasteiger partial charge < -0.3 is 9.94 Å². The van der Waals surface area contributed by atoms with Crippen LogP contribution in [0.4, 0.5) is 5.69 Å². The molecular formula is C13H13N3O4. The van der Waals surface area contributed by atoms with Gasteiger partial charge in [0.15, 0.2) is 0 Å². The zero-order chi connectivity index (χ0) is 14.1. The first-order valence-corrected chi connectivity index (χ1v) is 6.29. The van der Waals surface area contributed by atoms with Crippen molar-refractivity contribution >= 4 is 5.69 Å². The number of hydrogen-bond acceptors (Lipinski definition) is 5. The first kappa shape index (κ1) is 12.5. The molecule has 1 N–H and O–H groups in total. The monoisotopic (exact) mass is 275 g/mol. The number of rotatable bonds is 5. The molecule has 7 nitrogen and oxygen atoms in total. The molecule has 1 saturated carbocycles. The van der Waals surface area contributed by atoms with Crippen molar-refractivity contribution in [2.75, 3.05) is 0 Å². The molecule has 7 heteroatoms. The molecule has 104 valence electrons. The lowest BCUT2D eigenvalue weighted by Gasteiger charge is -2.09. The molecule has 1 aliphatic carbocycles. The van der Waals surface area contributed by atoms with Gasteiger partial charge in [-0.25, -0.2) is 0 Å². The van der Waals surface area contributed by atoms with Gasteiger partial charge in [-0.05, 0) is 24.3 Å². The summed E-state index contributed by atoms with van der Waals surface area (Å²) in [7, 11) is 0. The Balaban J connectivity index is 1.87. The van der Waals surface area contributed by atoms with Crippen LogP contribution >= 0.6 is 0 Å². The summed E-state index contributed by atoms with van der Waals surface area (Å²) in [4.78, 5) is 11.4. The van der Waals surface area contributed by atoms with Crippen molar-refractivity contribution in [3.05, 3.63) is 51.7 Å². The van der Waals surface area contributed by atoms with E-state index in [1.54, 1.807) is 6.07 Å². The van der Waals surface area contributed by atoms with E-state index < -0.39 is 4.92 Å². The maximum absolute atomic E-state index is 11.1. The van der Waals surface area contributed by atoms with Crippen LogP contribution in [0.15, 0.2) is 30.5 Å². The molecule has 0 unspecified atom stereocenters. The van der Waals surface area contributed by atoms with Crippen LogP contribution in [0.3, 0.4) is 0 Å². The molecule has 2 aromatic rings. The molecular weight excluding hydrogens is 262 g/mol. The predicted molar refractivity (Wildman–Crippen MR) is 68.8 cm³/mol. The minimum atomic E-state index is -0.394. The van der Waals surface area contributed by atoms with Gasteiger partial charge in [-0.3, -0.25) is 10.1 Å². The van der Waals surface area contributed by atoms with Crippen LogP contribution in [0.2, 0.25) is 0 Å². The quantitative estimate of drug-likeness (QED) is 0.514. The van der Waals surface area contributed by atoms with Crippen LogP contribution in [0.25, 0.3) is 0 Å². The number of nitro benzene ring substituents is 1. The van der Waals surface area contributed by atoms with E-state index in [0.29, 0.717) is 16.3 Å². The topological polar surface area (TPSA) is 90.4 Å². The molecule has 0 radical (unpaired) electrons. The second-order valence-corrected chi connectivity index (χ2v) is 4.74. The third kappa shape index (κ3) is 2.42. The molecule has 0 aliphatic heterocycles. The van der Waals surface area contributed by atoms with Crippen molar-refractivity contribution in [2.45, 2.75) is 25.4 Å². The Morgan fingerprint density at radius 3 is 2.85 bits per heavy atom. The van der Waals surface area contributed by atoms with Gasteiger partial charge in [-0.2, -0.15) is 0 Å². The van der Waals surface area contributed by atoms with E-state index in [-0.39, 0.29) is 18.2 Å². The zero-order valence-electron chi connectivity index (χ0n) is 10.6. The molecule has 0 spiro atoms. The van der Waals surface area contributed by atoms with E-state index in [1.165, 1.54) is 18.3 Å². The number of aromatic nitrogens is 2. The van der Waals surface area contributed by atoms with Crippen LogP contribution < -0.4 is 4.74 Å². The maximum atomic E-state index is 11.1. The van der Waals surface area contributed by atoms with Gasteiger partial charge in [-0.15, -0.1) is 4.85 Å². The van der Waals surface area contributed by atoms with Crippen LogP contribution in [0, 0.1) is 10.1 Å². The number of hydrogen-bond donors (Lipinski definition) is 1. The molecule has 1 fully saturated rings. The van der Waals surface area contributed by atoms with E-state index in [0.717, 1.165) is 18.4 Å². The van der Waals surface area contributed by atoms with E-state index in [4.69, 9.17) is 9.94 Å². The Bertz CT molecular complexity index is 649. The van der Waals surface area contributed by atoms with Crippen molar-refractivity contribution in [1.29, 1.82) is 0 Å². The van der Waals surface area contributed by atoms with E-state index in [1.807, 2.05) is 6.07 Å². The molecule has 1 aliphatic rings. The van der Waals surface area contributed by atoms with Crippen molar-refractivity contribution in [3.63, 3.8) is 0 Å². The van der Waals surface area contributed by atoms with Crippen LogP contribution in [-0.4, -0.2) is 20.1 Å². The fourth-order valence-corrected chi connectivity index (χ4v) is 2.22. The third-order valence-electron chi connectivity index (χ3n) is 3.32. The van der Waals surface area contributed by atoms with Gasteiger partial charge in [0.25, 0.3) is 5.69 Å². The lowest BCUT2D eigenvalue weighted by atomic mass is 10.0. The fourth-order valence-electron chi connectivity index (χ4n) is 2.22. The zero-order valence-corrected chi connectivity index (χ0v) is 10.6. The summed E-state index contributed by atoms with van der Waals surface area (Å²) < 4.78 is 5.43. The average molecular weight is 275 g/mol. The second-order valence-electron chi connectivity index (χ2n) is 4.74. The van der Waals surface area contributed by atoms with Gasteiger partial charge >= 0.3 is 0 Å². The van der Waals surface area contributed by atoms with Crippen LogP contribution in [-0.2, 0) is 6.61 Å². The van der Waals surface area contributed by atoms with Crippen molar-refractivity contribution < 1.29 is 14.9 Å². The molecule has 1 aromatic heterocycles. The Morgan fingerprint density at radius 1 is 1.45 bits per heavy atom.